The first-order chi connectivity index (χ1) is 13.7. The van der Waals surface area contributed by atoms with E-state index >= 15 is 0 Å². The highest BCUT2D eigenvalue weighted by atomic mass is 16.5. The summed E-state index contributed by atoms with van der Waals surface area (Å²) in [6.07, 6.45) is 8.19. The minimum Gasteiger partial charge on any atom is -0.492 e. The maximum absolute atomic E-state index is 12.5. The highest BCUT2D eigenvalue weighted by molar-refractivity contribution is 5.96. The smallest absolute Gasteiger partial charge is 0.227 e. The second-order valence-electron chi connectivity index (χ2n) is 8.69. The Hall–Kier alpha value is -1.59. The van der Waals surface area contributed by atoms with Crippen molar-refractivity contribution in [2.24, 2.45) is 0 Å². The third-order valence-corrected chi connectivity index (χ3v) is 6.70. The Bertz CT molecular complexity index is 642. The summed E-state index contributed by atoms with van der Waals surface area (Å²) in [5.41, 5.74) is 1.02. The van der Waals surface area contributed by atoms with Crippen molar-refractivity contribution in [2.75, 3.05) is 44.2 Å². The average Bonchev–Trinajstić information content (AvgIpc) is 3.29. The summed E-state index contributed by atoms with van der Waals surface area (Å²) in [5.74, 6) is 1.16. The monoisotopic (exact) mass is 385 g/mol. The van der Waals surface area contributed by atoms with Crippen LogP contribution in [0.3, 0.4) is 0 Å². The topological polar surface area (TPSA) is 36.0 Å². The Morgan fingerprint density at radius 3 is 2.50 bits per heavy atom. The van der Waals surface area contributed by atoms with Gasteiger partial charge >= 0.3 is 0 Å². The van der Waals surface area contributed by atoms with Crippen LogP contribution in [0.2, 0.25) is 0 Å². The molecule has 1 aromatic carbocycles. The van der Waals surface area contributed by atoms with E-state index in [0.29, 0.717) is 18.5 Å². The molecule has 0 aliphatic carbocycles. The number of carbonyl (C=O) groups excluding carboxylic acids is 1. The molecule has 4 rings (SSSR count). The summed E-state index contributed by atoms with van der Waals surface area (Å²) in [4.78, 5) is 19.6. The lowest BCUT2D eigenvalue weighted by molar-refractivity contribution is -0.117. The number of anilines is 1. The van der Waals surface area contributed by atoms with Crippen molar-refractivity contribution >= 4 is 11.6 Å². The Labute approximate surface area is 169 Å². The zero-order chi connectivity index (χ0) is 19.3. The van der Waals surface area contributed by atoms with Gasteiger partial charge in [-0.2, -0.15) is 0 Å². The second-order valence-corrected chi connectivity index (χ2v) is 8.69. The predicted molar refractivity (Wildman–Crippen MR) is 113 cm³/mol. The molecule has 3 aliphatic heterocycles. The minimum absolute atomic E-state index is 0.263. The number of amides is 1. The van der Waals surface area contributed by atoms with Crippen molar-refractivity contribution in [1.82, 2.24) is 9.80 Å². The van der Waals surface area contributed by atoms with E-state index in [2.05, 4.69) is 28.9 Å². The molecule has 5 nitrogen and oxygen atoms in total. The molecule has 3 fully saturated rings. The molecule has 2 unspecified atom stereocenters. The van der Waals surface area contributed by atoms with Gasteiger partial charge in [0.2, 0.25) is 5.91 Å². The first-order valence-corrected chi connectivity index (χ1v) is 11.2. The van der Waals surface area contributed by atoms with E-state index in [4.69, 9.17) is 4.74 Å². The summed E-state index contributed by atoms with van der Waals surface area (Å²) in [6, 6.07) is 9.15. The largest absolute Gasteiger partial charge is 0.492 e. The predicted octanol–water partition coefficient (Wildman–Crippen LogP) is 3.53. The van der Waals surface area contributed by atoms with Crippen molar-refractivity contribution in [3.63, 3.8) is 0 Å². The number of hydrogen-bond acceptors (Lipinski definition) is 4. The molecule has 0 spiro atoms. The van der Waals surface area contributed by atoms with Gasteiger partial charge in [-0.1, -0.05) is 6.42 Å². The molecule has 0 bridgehead atoms. The number of hydrogen-bond donors (Lipinski definition) is 0. The number of ether oxygens (including phenoxy) is 1. The lowest BCUT2D eigenvalue weighted by Crippen LogP contribution is -2.43. The van der Waals surface area contributed by atoms with E-state index in [9.17, 15) is 4.79 Å². The van der Waals surface area contributed by atoms with Crippen LogP contribution in [0.4, 0.5) is 5.69 Å². The fraction of sp³-hybridized carbons (Fsp3) is 0.696. The number of benzene rings is 1. The van der Waals surface area contributed by atoms with E-state index in [1.165, 1.54) is 51.7 Å². The normalized spacial score (nSPS) is 26.9. The molecule has 3 heterocycles. The van der Waals surface area contributed by atoms with Gasteiger partial charge in [-0.25, -0.2) is 0 Å². The molecule has 1 aromatic rings. The van der Waals surface area contributed by atoms with E-state index in [1.54, 1.807) is 0 Å². The van der Waals surface area contributed by atoms with Crippen molar-refractivity contribution in [2.45, 2.75) is 64.0 Å². The summed E-state index contributed by atoms with van der Waals surface area (Å²) < 4.78 is 5.96. The molecule has 0 aromatic heterocycles. The first kappa shape index (κ1) is 19.7. The fourth-order valence-electron chi connectivity index (χ4n) is 5.02. The van der Waals surface area contributed by atoms with Gasteiger partial charge in [0.15, 0.2) is 0 Å². The van der Waals surface area contributed by atoms with Crippen molar-refractivity contribution in [3.8, 4) is 5.75 Å². The molecule has 1 amide bonds. The van der Waals surface area contributed by atoms with Crippen molar-refractivity contribution in [1.29, 1.82) is 0 Å². The summed E-state index contributed by atoms with van der Waals surface area (Å²) in [6.45, 7) is 8.59. The first-order valence-electron chi connectivity index (χ1n) is 11.2. The van der Waals surface area contributed by atoms with E-state index in [-0.39, 0.29) is 5.91 Å². The van der Waals surface area contributed by atoms with Gasteiger partial charge in [-0.15, -0.1) is 0 Å². The summed E-state index contributed by atoms with van der Waals surface area (Å²) >= 11 is 0. The van der Waals surface area contributed by atoms with E-state index in [0.717, 1.165) is 37.6 Å². The van der Waals surface area contributed by atoms with Crippen LogP contribution in [-0.2, 0) is 4.79 Å². The van der Waals surface area contributed by atoms with Crippen LogP contribution < -0.4 is 9.64 Å². The van der Waals surface area contributed by atoms with Gasteiger partial charge in [0.05, 0.1) is 6.04 Å². The SMILES string of the molecule is CC1CCCN1CCOc1ccc(N2C(=O)CCC2CN2CCCCC2)cc1. The van der Waals surface area contributed by atoms with Crippen LogP contribution in [-0.4, -0.2) is 67.1 Å². The van der Waals surface area contributed by atoms with Gasteiger partial charge in [0.1, 0.15) is 12.4 Å². The van der Waals surface area contributed by atoms with Crippen LogP contribution >= 0.6 is 0 Å². The molecule has 3 aliphatic rings. The highest BCUT2D eigenvalue weighted by Crippen LogP contribution is 2.29. The maximum atomic E-state index is 12.5. The second kappa shape index (κ2) is 9.27. The Kier molecular flexibility index (Phi) is 6.53. The van der Waals surface area contributed by atoms with Crippen LogP contribution in [0.5, 0.6) is 5.75 Å². The zero-order valence-electron chi connectivity index (χ0n) is 17.3. The standard InChI is InChI=1S/C23H35N3O2/c1-19-6-5-15-25(19)16-17-28-22-10-7-20(8-11-22)26-21(9-12-23(26)27)18-24-13-3-2-4-14-24/h7-8,10-11,19,21H,2-6,9,12-18H2,1H3. The Morgan fingerprint density at radius 1 is 1.00 bits per heavy atom. The molecule has 5 heteroatoms. The molecule has 154 valence electrons. The quantitative estimate of drug-likeness (QED) is 0.719. The number of carbonyl (C=O) groups is 1. The third kappa shape index (κ3) is 4.69. The number of likely N-dealkylation sites (tertiary alicyclic amines) is 2. The van der Waals surface area contributed by atoms with Gasteiger partial charge in [-0.3, -0.25) is 9.69 Å². The van der Waals surface area contributed by atoms with Crippen molar-refractivity contribution in [3.05, 3.63) is 24.3 Å². The van der Waals surface area contributed by atoms with E-state index in [1.807, 2.05) is 17.0 Å². The highest BCUT2D eigenvalue weighted by Gasteiger charge is 2.33. The van der Waals surface area contributed by atoms with Gasteiger partial charge in [-0.05, 0) is 82.9 Å². The van der Waals surface area contributed by atoms with Crippen LogP contribution in [0.15, 0.2) is 24.3 Å². The molecule has 2 atom stereocenters. The molecule has 0 N–H and O–H groups in total. The molecule has 0 saturated carbocycles. The summed E-state index contributed by atoms with van der Waals surface area (Å²) in [7, 11) is 0. The van der Waals surface area contributed by atoms with Crippen molar-refractivity contribution < 1.29 is 9.53 Å². The van der Waals surface area contributed by atoms with E-state index < -0.39 is 0 Å². The fourth-order valence-corrected chi connectivity index (χ4v) is 5.02. The number of piperidine rings is 1. The zero-order valence-corrected chi connectivity index (χ0v) is 17.3. The average molecular weight is 386 g/mol. The number of rotatable bonds is 7. The van der Waals surface area contributed by atoms with Crippen LogP contribution in [0.25, 0.3) is 0 Å². The maximum Gasteiger partial charge on any atom is 0.227 e. The molecule has 3 saturated heterocycles. The number of nitrogens with zero attached hydrogens (tertiary/aromatic N) is 3. The molecular formula is C23H35N3O2. The molecule has 28 heavy (non-hydrogen) atoms. The Morgan fingerprint density at radius 2 is 1.79 bits per heavy atom. The van der Waals surface area contributed by atoms with Crippen LogP contribution in [0, 0.1) is 0 Å². The molecule has 0 radical (unpaired) electrons. The van der Waals surface area contributed by atoms with Crippen LogP contribution in [0.1, 0.15) is 51.9 Å². The van der Waals surface area contributed by atoms with Gasteiger partial charge in [0, 0.05) is 31.2 Å². The minimum atomic E-state index is 0.263. The third-order valence-electron chi connectivity index (χ3n) is 6.70. The summed E-state index contributed by atoms with van der Waals surface area (Å²) in [5, 5.41) is 0. The lowest BCUT2D eigenvalue weighted by atomic mass is 10.1. The van der Waals surface area contributed by atoms with Gasteiger partial charge < -0.3 is 14.5 Å². The molecular weight excluding hydrogens is 350 g/mol. The lowest BCUT2D eigenvalue weighted by Gasteiger charge is -2.33. The Balaban J connectivity index is 1.31. The van der Waals surface area contributed by atoms with Gasteiger partial charge in [0.25, 0.3) is 0 Å².